The molecule has 2 N–H and O–H groups in total. The predicted molar refractivity (Wildman–Crippen MR) is 56.5 cm³/mol. The molecule has 0 aromatic carbocycles. The normalized spacial score (nSPS) is 9.88. The number of nitrogens with zero attached hydrogens (tertiary/aromatic N) is 1. The Labute approximate surface area is 91.5 Å². The molecule has 0 fully saturated rings. The summed E-state index contributed by atoms with van der Waals surface area (Å²) in [6.45, 7) is 1.62. The third-order valence-electron chi connectivity index (χ3n) is 2.17. The van der Waals surface area contributed by atoms with E-state index in [1.807, 2.05) is 0 Å². The van der Waals surface area contributed by atoms with Gasteiger partial charge in [0.1, 0.15) is 12.1 Å². The van der Waals surface area contributed by atoms with Crippen LogP contribution in [-0.4, -0.2) is 28.6 Å². The zero-order valence-electron chi connectivity index (χ0n) is 8.98. The fourth-order valence-corrected chi connectivity index (χ4v) is 1.24. The van der Waals surface area contributed by atoms with Crippen LogP contribution in [0.15, 0.2) is 17.1 Å². The zero-order valence-corrected chi connectivity index (χ0v) is 8.98. The number of hydrogen-bond donors (Lipinski definition) is 2. The maximum absolute atomic E-state index is 11.3. The Morgan fingerprint density at radius 2 is 2.12 bits per heavy atom. The molecule has 0 spiro atoms. The lowest BCUT2D eigenvalue weighted by Gasteiger charge is -2.10. The van der Waals surface area contributed by atoms with E-state index < -0.39 is 11.4 Å². The number of carbonyl (C=O) groups is 2. The van der Waals surface area contributed by atoms with Crippen LogP contribution in [0.1, 0.15) is 16.1 Å². The molecule has 1 rings (SSSR count). The fraction of sp³-hybridized carbons (Fsp3) is 0.300. The minimum absolute atomic E-state index is 0.0110. The van der Waals surface area contributed by atoms with Crippen molar-refractivity contribution < 1.29 is 14.7 Å². The molecule has 0 saturated carbocycles. The van der Waals surface area contributed by atoms with Crippen molar-refractivity contribution in [3.8, 4) is 0 Å². The number of amides is 1. The van der Waals surface area contributed by atoms with Crippen molar-refractivity contribution in [2.45, 2.75) is 13.5 Å². The lowest BCUT2D eigenvalue weighted by molar-refractivity contribution is -0.121. The Morgan fingerprint density at radius 3 is 2.62 bits per heavy atom. The van der Waals surface area contributed by atoms with E-state index in [1.165, 1.54) is 23.9 Å². The van der Waals surface area contributed by atoms with Crippen molar-refractivity contribution in [3.63, 3.8) is 0 Å². The first-order valence-corrected chi connectivity index (χ1v) is 4.60. The van der Waals surface area contributed by atoms with Crippen LogP contribution in [0.4, 0.5) is 0 Å². The number of aromatic carboxylic acids is 1. The summed E-state index contributed by atoms with van der Waals surface area (Å²) in [6, 6.07) is 1.20. The van der Waals surface area contributed by atoms with E-state index in [-0.39, 0.29) is 18.0 Å². The molecular formula is C10H12N2O4. The summed E-state index contributed by atoms with van der Waals surface area (Å²) < 4.78 is 1.42. The Morgan fingerprint density at radius 1 is 1.50 bits per heavy atom. The van der Waals surface area contributed by atoms with E-state index >= 15 is 0 Å². The van der Waals surface area contributed by atoms with Gasteiger partial charge in [0, 0.05) is 25.0 Å². The molecule has 16 heavy (non-hydrogen) atoms. The molecular weight excluding hydrogens is 212 g/mol. The molecule has 86 valence electrons. The lowest BCUT2D eigenvalue weighted by atomic mass is 10.2. The number of nitrogens with one attached hydrogen (secondary N) is 1. The van der Waals surface area contributed by atoms with E-state index in [2.05, 4.69) is 5.32 Å². The highest BCUT2D eigenvalue weighted by Gasteiger charge is 2.11. The van der Waals surface area contributed by atoms with Gasteiger partial charge in [-0.1, -0.05) is 0 Å². The van der Waals surface area contributed by atoms with E-state index in [0.29, 0.717) is 5.69 Å². The van der Waals surface area contributed by atoms with Crippen molar-refractivity contribution in [2.24, 2.45) is 0 Å². The molecule has 6 heteroatoms. The summed E-state index contributed by atoms with van der Waals surface area (Å²) in [5, 5.41) is 11.2. The molecule has 0 aliphatic heterocycles. The van der Waals surface area contributed by atoms with Gasteiger partial charge in [-0.15, -0.1) is 0 Å². The molecule has 6 nitrogen and oxygen atoms in total. The topological polar surface area (TPSA) is 88.4 Å². The maximum atomic E-state index is 11.3. The molecule has 0 atom stereocenters. The van der Waals surface area contributed by atoms with Gasteiger partial charge in [-0.2, -0.15) is 0 Å². The second-order valence-corrected chi connectivity index (χ2v) is 3.30. The number of carbonyl (C=O) groups excluding carboxylic acids is 1. The van der Waals surface area contributed by atoms with E-state index in [0.717, 1.165) is 0 Å². The summed E-state index contributed by atoms with van der Waals surface area (Å²) in [7, 11) is 1.48. The van der Waals surface area contributed by atoms with Gasteiger partial charge in [0.15, 0.2) is 5.43 Å². The van der Waals surface area contributed by atoms with Crippen LogP contribution in [0.3, 0.4) is 0 Å². The Bertz CT molecular complexity index is 490. The number of pyridine rings is 1. The van der Waals surface area contributed by atoms with Gasteiger partial charge < -0.3 is 15.0 Å². The number of rotatable bonds is 3. The number of carboxylic acid groups (broad SMARTS) is 1. The molecule has 1 amide bonds. The maximum Gasteiger partial charge on any atom is 0.341 e. The number of carboxylic acids is 1. The summed E-state index contributed by atoms with van der Waals surface area (Å²) >= 11 is 0. The highest BCUT2D eigenvalue weighted by Crippen LogP contribution is 1.99. The summed E-state index contributed by atoms with van der Waals surface area (Å²) in [4.78, 5) is 33.2. The van der Waals surface area contributed by atoms with Crippen LogP contribution in [0.25, 0.3) is 0 Å². The van der Waals surface area contributed by atoms with E-state index in [9.17, 15) is 14.4 Å². The third-order valence-corrected chi connectivity index (χ3v) is 2.17. The average Bonchev–Trinajstić information content (AvgIpc) is 2.21. The van der Waals surface area contributed by atoms with Crippen LogP contribution in [0.2, 0.25) is 0 Å². The third kappa shape index (κ3) is 2.47. The second kappa shape index (κ2) is 4.61. The predicted octanol–water partition coefficient (Wildman–Crippen LogP) is -0.399. The average molecular weight is 224 g/mol. The molecule has 1 aromatic heterocycles. The SMILES string of the molecule is CNC(=O)Cn1cc(C(=O)O)c(=O)cc1C. The van der Waals surface area contributed by atoms with Crippen LogP contribution < -0.4 is 10.7 Å². The molecule has 0 saturated heterocycles. The Balaban J connectivity index is 3.20. The van der Waals surface area contributed by atoms with E-state index in [1.54, 1.807) is 6.92 Å². The highest BCUT2D eigenvalue weighted by molar-refractivity contribution is 5.87. The first-order chi connectivity index (χ1) is 7.45. The van der Waals surface area contributed by atoms with Crippen molar-refractivity contribution in [1.29, 1.82) is 0 Å². The number of aryl methyl sites for hydroxylation is 1. The quantitative estimate of drug-likeness (QED) is 0.731. The monoisotopic (exact) mass is 224 g/mol. The fourth-order valence-electron chi connectivity index (χ4n) is 1.24. The molecule has 0 aliphatic rings. The molecule has 1 heterocycles. The first kappa shape index (κ1) is 12.0. The van der Waals surface area contributed by atoms with Crippen LogP contribution in [-0.2, 0) is 11.3 Å². The van der Waals surface area contributed by atoms with Crippen molar-refractivity contribution in [3.05, 3.63) is 33.7 Å². The van der Waals surface area contributed by atoms with Gasteiger partial charge in [0.05, 0.1) is 0 Å². The Hall–Kier alpha value is -2.11. The number of hydrogen-bond acceptors (Lipinski definition) is 3. The van der Waals surface area contributed by atoms with Gasteiger partial charge in [-0.25, -0.2) is 4.79 Å². The summed E-state index contributed by atoms with van der Waals surface area (Å²) in [5.41, 5.74) is -0.355. The van der Waals surface area contributed by atoms with Gasteiger partial charge >= 0.3 is 5.97 Å². The molecule has 1 aromatic rings. The first-order valence-electron chi connectivity index (χ1n) is 4.60. The van der Waals surface area contributed by atoms with E-state index in [4.69, 9.17) is 5.11 Å². The van der Waals surface area contributed by atoms with Crippen molar-refractivity contribution in [2.75, 3.05) is 7.05 Å². The zero-order chi connectivity index (χ0) is 12.3. The smallest absolute Gasteiger partial charge is 0.341 e. The molecule has 0 unspecified atom stereocenters. The number of likely N-dealkylation sites (N-methyl/N-ethyl adjacent to an activating group) is 1. The molecule has 0 aliphatic carbocycles. The summed E-state index contributed by atoms with van der Waals surface area (Å²) in [6.07, 6.45) is 1.18. The van der Waals surface area contributed by atoms with Crippen molar-refractivity contribution >= 4 is 11.9 Å². The molecule has 0 bridgehead atoms. The minimum atomic E-state index is -1.30. The van der Waals surface area contributed by atoms with Crippen LogP contribution in [0, 0.1) is 6.92 Å². The van der Waals surface area contributed by atoms with Gasteiger partial charge in [-0.3, -0.25) is 9.59 Å². The highest BCUT2D eigenvalue weighted by atomic mass is 16.4. The van der Waals surface area contributed by atoms with Gasteiger partial charge in [0.25, 0.3) is 0 Å². The minimum Gasteiger partial charge on any atom is -0.477 e. The van der Waals surface area contributed by atoms with Gasteiger partial charge in [0.2, 0.25) is 5.91 Å². The second-order valence-electron chi connectivity index (χ2n) is 3.30. The van der Waals surface area contributed by atoms with Gasteiger partial charge in [-0.05, 0) is 6.92 Å². The van der Waals surface area contributed by atoms with Crippen molar-refractivity contribution in [1.82, 2.24) is 9.88 Å². The van der Waals surface area contributed by atoms with Crippen LogP contribution in [0.5, 0.6) is 0 Å². The standard InChI is InChI=1S/C10H12N2O4/c1-6-3-8(13)7(10(15)16)4-12(6)5-9(14)11-2/h3-4H,5H2,1-2H3,(H,11,14)(H,15,16). The largest absolute Gasteiger partial charge is 0.477 e. The molecule has 0 radical (unpaired) electrons. The lowest BCUT2D eigenvalue weighted by Crippen LogP contribution is -2.26. The number of aromatic nitrogens is 1. The Kier molecular flexibility index (Phi) is 3.44. The summed E-state index contributed by atoms with van der Waals surface area (Å²) in [5.74, 6) is -1.56. The van der Waals surface area contributed by atoms with Crippen LogP contribution >= 0.6 is 0 Å².